The molecule has 72 valence electrons. The first-order chi connectivity index (χ1) is 6.27. The number of ether oxygens (including phenoxy) is 1. The molecule has 0 aliphatic rings. The maximum absolute atomic E-state index is 6.23. The van der Waals surface area contributed by atoms with Gasteiger partial charge in [-0.3, -0.25) is 0 Å². The molecule has 0 fully saturated rings. The van der Waals surface area contributed by atoms with E-state index in [-0.39, 0.29) is 0 Å². The molecule has 0 saturated carbocycles. The maximum atomic E-state index is 6.23. The second-order valence-corrected chi connectivity index (χ2v) is 5.70. The quantitative estimate of drug-likeness (QED) is 0.702. The average Bonchev–Trinajstić information content (AvgIpc) is 2.18. The number of rotatable bonds is 4. The molecule has 1 rings (SSSR count). The van der Waals surface area contributed by atoms with E-state index in [0.717, 1.165) is 18.3 Å². The minimum absolute atomic E-state index is 0.476. The molecule has 0 N–H and O–H groups in total. The Labute approximate surface area is 85.6 Å². The molecule has 1 aromatic carbocycles. The molecule has 0 spiro atoms. The van der Waals surface area contributed by atoms with Gasteiger partial charge >= 0.3 is 0 Å². The van der Waals surface area contributed by atoms with Crippen LogP contribution in [0.5, 0.6) is 5.75 Å². The van der Waals surface area contributed by atoms with Crippen LogP contribution in [0.1, 0.15) is 13.3 Å². The summed E-state index contributed by atoms with van der Waals surface area (Å²) in [4.78, 5) is 0. The largest absolute Gasteiger partial charge is 0.497 e. The van der Waals surface area contributed by atoms with Crippen molar-refractivity contribution < 1.29 is 4.74 Å². The molecule has 0 aliphatic heterocycles. The van der Waals surface area contributed by atoms with Gasteiger partial charge < -0.3 is 4.74 Å². The SMILES string of the molecule is CCCP(Cl)c1ccc(OC)cc1. The Morgan fingerprint density at radius 2 is 1.92 bits per heavy atom. The Bertz CT molecular complexity index is 248. The summed E-state index contributed by atoms with van der Waals surface area (Å²) in [5.41, 5.74) is 0. The van der Waals surface area contributed by atoms with Gasteiger partial charge in [-0.25, -0.2) is 0 Å². The molecule has 1 unspecified atom stereocenters. The highest BCUT2D eigenvalue weighted by atomic mass is 35.7. The molecule has 0 aromatic heterocycles. The van der Waals surface area contributed by atoms with E-state index in [1.54, 1.807) is 7.11 Å². The third-order valence-corrected chi connectivity index (χ3v) is 4.56. The highest BCUT2D eigenvalue weighted by Crippen LogP contribution is 2.40. The lowest BCUT2D eigenvalue weighted by molar-refractivity contribution is 0.415. The van der Waals surface area contributed by atoms with Crippen molar-refractivity contribution in [3.05, 3.63) is 24.3 Å². The molecule has 13 heavy (non-hydrogen) atoms. The van der Waals surface area contributed by atoms with Crippen LogP contribution < -0.4 is 10.0 Å². The number of hydrogen-bond donors (Lipinski definition) is 0. The Morgan fingerprint density at radius 3 is 2.38 bits per heavy atom. The highest BCUT2D eigenvalue weighted by Gasteiger charge is 2.05. The van der Waals surface area contributed by atoms with Gasteiger partial charge in [-0.15, -0.1) is 0 Å². The lowest BCUT2D eigenvalue weighted by Gasteiger charge is -2.08. The third kappa shape index (κ3) is 3.17. The van der Waals surface area contributed by atoms with Gasteiger partial charge in [-0.2, -0.15) is 0 Å². The summed E-state index contributed by atoms with van der Waals surface area (Å²) in [6.45, 7) is 2.15. The second-order valence-electron chi connectivity index (χ2n) is 2.78. The van der Waals surface area contributed by atoms with Crippen molar-refractivity contribution in [1.29, 1.82) is 0 Å². The lowest BCUT2D eigenvalue weighted by Crippen LogP contribution is -1.98. The van der Waals surface area contributed by atoms with Crippen molar-refractivity contribution in [2.24, 2.45) is 0 Å². The van der Waals surface area contributed by atoms with Gasteiger partial charge in [-0.1, -0.05) is 24.6 Å². The van der Waals surface area contributed by atoms with Crippen LogP contribution in [0.15, 0.2) is 24.3 Å². The van der Waals surface area contributed by atoms with Crippen LogP contribution in [-0.2, 0) is 0 Å². The summed E-state index contributed by atoms with van der Waals surface area (Å²) < 4.78 is 5.07. The van der Waals surface area contributed by atoms with Gasteiger partial charge in [0.2, 0.25) is 0 Å². The Kier molecular flexibility index (Phi) is 4.55. The van der Waals surface area contributed by atoms with Gasteiger partial charge in [0.15, 0.2) is 0 Å². The van der Waals surface area contributed by atoms with Crippen LogP contribution in [0.25, 0.3) is 0 Å². The fourth-order valence-electron chi connectivity index (χ4n) is 1.07. The molecule has 1 aromatic rings. The van der Waals surface area contributed by atoms with Crippen molar-refractivity contribution in [2.45, 2.75) is 13.3 Å². The van der Waals surface area contributed by atoms with Gasteiger partial charge in [0.25, 0.3) is 0 Å². The van der Waals surface area contributed by atoms with E-state index < -0.39 is 7.27 Å². The number of methoxy groups -OCH3 is 1. The number of hydrogen-bond acceptors (Lipinski definition) is 1. The fourth-order valence-corrected chi connectivity index (χ4v) is 3.04. The van der Waals surface area contributed by atoms with Crippen LogP contribution in [0.3, 0.4) is 0 Å². The summed E-state index contributed by atoms with van der Waals surface area (Å²) in [7, 11) is 1.19. The second kappa shape index (κ2) is 5.47. The summed E-state index contributed by atoms with van der Waals surface area (Å²) in [5.74, 6) is 0.889. The topological polar surface area (TPSA) is 9.23 Å². The van der Waals surface area contributed by atoms with E-state index in [0.29, 0.717) is 0 Å². The summed E-state index contributed by atoms with van der Waals surface area (Å²) >= 11 is 6.23. The third-order valence-electron chi connectivity index (χ3n) is 1.77. The van der Waals surface area contributed by atoms with E-state index >= 15 is 0 Å². The molecule has 1 atom stereocenters. The van der Waals surface area contributed by atoms with Crippen molar-refractivity contribution in [1.82, 2.24) is 0 Å². The van der Waals surface area contributed by atoms with Crippen molar-refractivity contribution in [2.75, 3.05) is 13.3 Å². The van der Waals surface area contributed by atoms with E-state index in [4.69, 9.17) is 16.0 Å². The van der Waals surface area contributed by atoms with E-state index in [9.17, 15) is 0 Å². The van der Waals surface area contributed by atoms with E-state index in [1.807, 2.05) is 24.3 Å². The molecule has 1 nitrogen and oxygen atoms in total. The predicted octanol–water partition coefficient (Wildman–Crippen LogP) is 3.37. The fraction of sp³-hybridized carbons (Fsp3) is 0.400. The van der Waals surface area contributed by atoms with Crippen LogP contribution >= 0.6 is 18.5 Å². The minimum atomic E-state index is -0.476. The van der Waals surface area contributed by atoms with Crippen LogP contribution in [0.4, 0.5) is 0 Å². The smallest absolute Gasteiger partial charge is 0.118 e. The van der Waals surface area contributed by atoms with Crippen molar-refractivity contribution in [3.63, 3.8) is 0 Å². The monoisotopic (exact) mass is 216 g/mol. The van der Waals surface area contributed by atoms with Gasteiger partial charge in [0, 0.05) is 7.27 Å². The molecule has 0 amide bonds. The first-order valence-corrected chi connectivity index (χ1v) is 6.78. The summed E-state index contributed by atoms with van der Waals surface area (Å²) in [5, 5.41) is 1.24. The molecular weight excluding hydrogens is 203 g/mol. The summed E-state index contributed by atoms with van der Waals surface area (Å²) in [6.07, 6.45) is 2.23. The first kappa shape index (κ1) is 10.8. The molecule has 0 radical (unpaired) electrons. The van der Waals surface area contributed by atoms with Gasteiger partial charge in [0.1, 0.15) is 5.75 Å². The first-order valence-electron chi connectivity index (χ1n) is 4.35. The highest BCUT2D eigenvalue weighted by molar-refractivity contribution is 7.89. The zero-order valence-electron chi connectivity index (χ0n) is 7.96. The lowest BCUT2D eigenvalue weighted by atomic mass is 10.3. The standard InChI is InChI=1S/C10H14ClOP/c1-3-8-13(11)10-6-4-9(12-2)5-7-10/h4-7H,3,8H2,1-2H3. The Morgan fingerprint density at radius 1 is 1.31 bits per heavy atom. The maximum Gasteiger partial charge on any atom is 0.118 e. The zero-order chi connectivity index (χ0) is 9.68. The van der Waals surface area contributed by atoms with Gasteiger partial charge in [-0.05, 0) is 35.7 Å². The van der Waals surface area contributed by atoms with Crippen molar-refractivity contribution >= 4 is 23.8 Å². The van der Waals surface area contributed by atoms with E-state index in [2.05, 4.69) is 6.92 Å². The van der Waals surface area contributed by atoms with Crippen LogP contribution in [0.2, 0.25) is 0 Å². The molecular formula is C10H14ClOP. The zero-order valence-corrected chi connectivity index (χ0v) is 9.61. The van der Waals surface area contributed by atoms with Crippen LogP contribution in [0, 0.1) is 0 Å². The Hall–Kier alpha value is -0.260. The number of halogens is 1. The molecule has 3 heteroatoms. The van der Waals surface area contributed by atoms with Gasteiger partial charge in [0.05, 0.1) is 7.11 Å². The molecule has 0 saturated heterocycles. The normalized spacial score (nSPS) is 12.5. The predicted molar refractivity (Wildman–Crippen MR) is 60.6 cm³/mol. The van der Waals surface area contributed by atoms with Crippen molar-refractivity contribution in [3.8, 4) is 5.75 Å². The van der Waals surface area contributed by atoms with E-state index in [1.165, 1.54) is 5.30 Å². The minimum Gasteiger partial charge on any atom is -0.497 e. The molecule has 0 bridgehead atoms. The average molecular weight is 217 g/mol. The number of benzene rings is 1. The van der Waals surface area contributed by atoms with Crippen LogP contribution in [-0.4, -0.2) is 13.3 Å². The Balaban J connectivity index is 2.67. The molecule has 0 heterocycles. The summed E-state index contributed by atoms with van der Waals surface area (Å²) in [6, 6.07) is 8.02. The molecule has 0 aliphatic carbocycles.